The monoisotopic (exact) mass is 497 g/mol. The van der Waals surface area contributed by atoms with Crippen LogP contribution >= 0.6 is 0 Å². The molecule has 10 heteroatoms. The van der Waals surface area contributed by atoms with E-state index in [0.29, 0.717) is 23.7 Å². The summed E-state index contributed by atoms with van der Waals surface area (Å²) in [6, 6.07) is 6.23. The van der Waals surface area contributed by atoms with E-state index < -0.39 is 23.0 Å². The molecular formula is C26H32FN5O4. The lowest BCUT2D eigenvalue weighted by atomic mass is 9.98. The van der Waals surface area contributed by atoms with Gasteiger partial charge in [-0.15, -0.1) is 0 Å². The van der Waals surface area contributed by atoms with Crippen molar-refractivity contribution in [3.8, 4) is 11.5 Å². The molecule has 0 spiro atoms. The van der Waals surface area contributed by atoms with Crippen LogP contribution in [0.3, 0.4) is 0 Å². The number of aromatic nitrogens is 4. The largest absolute Gasteiger partial charge is 0.455 e. The number of amides is 1. The fraction of sp³-hybridized carbons (Fsp3) is 0.462. The first-order valence-corrected chi connectivity index (χ1v) is 12.2. The predicted octanol–water partition coefficient (Wildman–Crippen LogP) is 4.21. The van der Waals surface area contributed by atoms with Crippen molar-refractivity contribution in [2.75, 3.05) is 5.32 Å². The van der Waals surface area contributed by atoms with Gasteiger partial charge in [0.05, 0.1) is 18.3 Å². The van der Waals surface area contributed by atoms with Gasteiger partial charge in [-0.1, -0.05) is 31.7 Å². The van der Waals surface area contributed by atoms with Crippen LogP contribution in [-0.4, -0.2) is 36.2 Å². The van der Waals surface area contributed by atoms with E-state index in [-0.39, 0.29) is 24.0 Å². The Kier molecular flexibility index (Phi) is 7.53. The van der Waals surface area contributed by atoms with E-state index in [1.165, 1.54) is 29.1 Å². The number of carbonyl (C=O) groups excluding carboxylic acids is 1. The van der Waals surface area contributed by atoms with Crippen LogP contribution in [0.2, 0.25) is 0 Å². The summed E-state index contributed by atoms with van der Waals surface area (Å²) in [5.41, 5.74) is -0.737. The van der Waals surface area contributed by atoms with Gasteiger partial charge in [0, 0.05) is 24.4 Å². The van der Waals surface area contributed by atoms with Gasteiger partial charge in [0.1, 0.15) is 17.6 Å². The SMILES string of the molecule is Cc1ccc(F)cc1Oc1cnn(C(CC2CCCC2)C(=O)Nc2ccn(CC(C)(C)O)n2)c(=O)c1. The van der Waals surface area contributed by atoms with Crippen molar-refractivity contribution in [2.45, 2.75) is 71.1 Å². The van der Waals surface area contributed by atoms with Gasteiger partial charge in [-0.25, -0.2) is 9.07 Å². The highest BCUT2D eigenvalue weighted by Crippen LogP contribution is 2.32. The Morgan fingerprint density at radius 1 is 1.28 bits per heavy atom. The Hall–Kier alpha value is -3.53. The van der Waals surface area contributed by atoms with Gasteiger partial charge < -0.3 is 15.2 Å². The molecule has 4 rings (SSSR count). The summed E-state index contributed by atoms with van der Waals surface area (Å²) in [5, 5.41) is 21.4. The van der Waals surface area contributed by atoms with Crippen molar-refractivity contribution < 1.29 is 19.0 Å². The lowest BCUT2D eigenvalue weighted by Crippen LogP contribution is -2.36. The number of hydrogen-bond donors (Lipinski definition) is 2. The van der Waals surface area contributed by atoms with E-state index >= 15 is 0 Å². The zero-order chi connectivity index (χ0) is 25.9. The van der Waals surface area contributed by atoms with Gasteiger partial charge in [-0.3, -0.25) is 14.3 Å². The quantitative estimate of drug-likeness (QED) is 0.458. The van der Waals surface area contributed by atoms with Crippen molar-refractivity contribution in [3.63, 3.8) is 0 Å². The highest BCUT2D eigenvalue weighted by atomic mass is 19.1. The minimum Gasteiger partial charge on any atom is -0.455 e. The van der Waals surface area contributed by atoms with Crippen molar-refractivity contribution >= 4 is 11.7 Å². The standard InChI is InChI=1S/C26H32FN5O4/c1-17-8-9-19(27)13-22(17)36-20-14-24(33)32(28-15-20)21(12-18-6-4-5-7-18)25(34)29-23-10-11-31(30-23)16-26(2,3)35/h8-11,13-15,18,21,35H,4-7,12,16H2,1-3H3,(H,29,30,34). The molecular weight excluding hydrogens is 465 g/mol. The smallest absolute Gasteiger partial charge is 0.271 e. The van der Waals surface area contributed by atoms with E-state index in [0.717, 1.165) is 25.7 Å². The van der Waals surface area contributed by atoms with Crippen LogP contribution in [-0.2, 0) is 11.3 Å². The van der Waals surface area contributed by atoms with Gasteiger partial charge in [0.25, 0.3) is 11.5 Å². The number of nitrogens with zero attached hydrogens (tertiary/aromatic N) is 4. The predicted molar refractivity (Wildman–Crippen MR) is 132 cm³/mol. The number of anilines is 1. The van der Waals surface area contributed by atoms with Gasteiger partial charge >= 0.3 is 0 Å². The summed E-state index contributed by atoms with van der Waals surface area (Å²) in [6.07, 6.45) is 7.71. The molecule has 1 aliphatic carbocycles. The summed E-state index contributed by atoms with van der Waals surface area (Å²) in [6.45, 7) is 5.38. The molecule has 1 atom stereocenters. The third-order valence-electron chi connectivity index (χ3n) is 6.25. The summed E-state index contributed by atoms with van der Waals surface area (Å²) in [5.74, 6) is 0.254. The lowest BCUT2D eigenvalue weighted by molar-refractivity contribution is -0.120. The molecule has 1 aromatic carbocycles. The first kappa shape index (κ1) is 25.6. The number of carbonyl (C=O) groups is 1. The van der Waals surface area contributed by atoms with Crippen molar-refractivity contribution in [1.29, 1.82) is 0 Å². The molecule has 0 saturated heterocycles. The van der Waals surface area contributed by atoms with Gasteiger partial charge in [-0.05, 0) is 44.7 Å². The minimum atomic E-state index is -0.955. The average Bonchev–Trinajstić information content (AvgIpc) is 3.46. The molecule has 192 valence electrons. The molecule has 1 aliphatic rings. The van der Waals surface area contributed by atoms with E-state index in [9.17, 15) is 19.1 Å². The molecule has 2 N–H and O–H groups in total. The van der Waals surface area contributed by atoms with E-state index in [4.69, 9.17) is 4.74 Å². The van der Waals surface area contributed by atoms with Gasteiger partial charge in [-0.2, -0.15) is 10.2 Å². The van der Waals surface area contributed by atoms with Gasteiger partial charge in [0.15, 0.2) is 11.6 Å². The highest BCUT2D eigenvalue weighted by Gasteiger charge is 2.29. The molecule has 2 heterocycles. The van der Waals surface area contributed by atoms with Crippen LogP contribution in [0.5, 0.6) is 11.5 Å². The second-order valence-corrected chi connectivity index (χ2v) is 10.1. The lowest BCUT2D eigenvalue weighted by Gasteiger charge is -2.21. The van der Waals surface area contributed by atoms with Crippen LogP contribution in [0.4, 0.5) is 10.2 Å². The van der Waals surface area contributed by atoms with E-state index in [1.54, 1.807) is 43.8 Å². The number of benzene rings is 1. The maximum atomic E-state index is 13.6. The third kappa shape index (κ3) is 6.57. The summed E-state index contributed by atoms with van der Waals surface area (Å²) < 4.78 is 22.0. The fourth-order valence-electron chi connectivity index (χ4n) is 4.50. The van der Waals surface area contributed by atoms with E-state index in [2.05, 4.69) is 15.5 Å². The van der Waals surface area contributed by atoms with Crippen molar-refractivity contribution in [2.24, 2.45) is 5.92 Å². The van der Waals surface area contributed by atoms with Crippen molar-refractivity contribution in [3.05, 3.63) is 64.5 Å². The second-order valence-electron chi connectivity index (χ2n) is 10.1. The van der Waals surface area contributed by atoms with Crippen LogP contribution in [0.1, 0.15) is 57.6 Å². The average molecular weight is 498 g/mol. The second kappa shape index (κ2) is 10.6. The molecule has 0 bridgehead atoms. The number of aliphatic hydroxyl groups is 1. The zero-order valence-electron chi connectivity index (χ0n) is 20.8. The number of aryl methyl sites for hydroxylation is 1. The molecule has 36 heavy (non-hydrogen) atoms. The summed E-state index contributed by atoms with van der Waals surface area (Å²) in [7, 11) is 0. The maximum Gasteiger partial charge on any atom is 0.271 e. The maximum absolute atomic E-state index is 13.6. The molecule has 1 fully saturated rings. The molecule has 0 aliphatic heterocycles. The molecule has 3 aromatic rings. The Morgan fingerprint density at radius 2 is 2.03 bits per heavy atom. The molecule has 9 nitrogen and oxygen atoms in total. The number of ether oxygens (including phenoxy) is 1. The molecule has 1 saturated carbocycles. The molecule has 2 aromatic heterocycles. The zero-order valence-corrected chi connectivity index (χ0v) is 20.8. The van der Waals surface area contributed by atoms with Crippen molar-refractivity contribution in [1.82, 2.24) is 19.6 Å². The first-order valence-electron chi connectivity index (χ1n) is 12.2. The topological polar surface area (TPSA) is 111 Å². The van der Waals surface area contributed by atoms with Crippen LogP contribution in [0.25, 0.3) is 0 Å². The third-order valence-corrected chi connectivity index (χ3v) is 6.25. The summed E-state index contributed by atoms with van der Waals surface area (Å²) >= 11 is 0. The number of rotatable bonds is 9. The Bertz CT molecular complexity index is 1270. The van der Waals surface area contributed by atoms with Crippen LogP contribution in [0.15, 0.2) is 47.5 Å². The Morgan fingerprint density at radius 3 is 2.72 bits per heavy atom. The van der Waals surface area contributed by atoms with E-state index in [1.807, 2.05) is 0 Å². The number of hydrogen-bond acceptors (Lipinski definition) is 6. The molecule has 1 amide bonds. The minimum absolute atomic E-state index is 0.162. The first-order chi connectivity index (χ1) is 17.1. The molecule has 1 unspecified atom stereocenters. The Balaban J connectivity index is 1.55. The number of halogens is 1. The number of nitrogens with one attached hydrogen (secondary N) is 1. The van der Waals surface area contributed by atoms with Crippen LogP contribution in [0, 0.1) is 18.7 Å². The van der Waals surface area contributed by atoms with Crippen LogP contribution < -0.4 is 15.6 Å². The summed E-state index contributed by atoms with van der Waals surface area (Å²) in [4.78, 5) is 26.4. The highest BCUT2D eigenvalue weighted by molar-refractivity contribution is 5.92. The van der Waals surface area contributed by atoms with Gasteiger partial charge in [0.2, 0.25) is 0 Å². The molecule has 0 radical (unpaired) electrons. The Labute approximate surface area is 208 Å². The normalized spacial score (nSPS) is 15.1. The fourth-order valence-corrected chi connectivity index (χ4v) is 4.50.